The van der Waals surface area contributed by atoms with Crippen molar-refractivity contribution in [3.05, 3.63) is 42.2 Å². The number of carbonyl (C=O) groups is 1. The highest BCUT2D eigenvalue weighted by atomic mass is 32.2. The number of carbonyl (C=O) groups excluding carboxylic acids is 1. The maximum absolute atomic E-state index is 14.0. The molecule has 0 bridgehead atoms. The number of nitrogens with one attached hydrogen (secondary N) is 1. The lowest BCUT2D eigenvalue weighted by Gasteiger charge is -2.33. The van der Waals surface area contributed by atoms with Gasteiger partial charge < -0.3 is 24.4 Å². The lowest BCUT2D eigenvalue weighted by molar-refractivity contribution is -0.116. The van der Waals surface area contributed by atoms with Gasteiger partial charge in [-0.1, -0.05) is 12.1 Å². The van der Waals surface area contributed by atoms with Gasteiger partial charge in [-0.05, 0) is 12.1 Å². The molecule has 0 saturated carbocycles. The van der Waals surface area contributed by atoms with Gasteiger partial charge in [-0.3, -0.25) is 4.79 Å². The van der Waals surface area contributed by atoms with Gasteiger partial charge in [0.1, 0.15) is 10.7 Å². The van der Waals surface area contributed by atoms with Crippen LogP contribution in [-0.4, -0.2) is 77.6 Å². The molecule has 0 aliphatic carbocycles. The molecule has 1 amide bonds. The van der Waals surface area contributed by atoms with E-state index >= 15 is 0 Å². The Bertz CT molecular complexity index is 1060. The first-order valence-electron chi connectivity index (χ1n) is 10.4. The summed E-state index contributed by atoms with van der Waals surface area (Å²) in [4.78, 5) is 14.1. The van der Waals surface area contributed by atoms with E-state index in [2.05, 4.69) is 5.32 Å². The monoisotopic (exact) mass is 481 g/mol. The molecule has 3 rings (SSSR count). The summed E-state index contributed by atoms with van der Waals surface area (Å²) in [5, 5.41) is 2.81. The fraction of sp³-hybridized carbons (Fsp3) is 0.409. The molecule has 1 aliphatic rings. The third-order valence-electron chi connectivity index (χ3n) is 5.39. The second-order valence-corrected chi connectivity index (χ2v) is 9.29. The van der Waals surface area contributed by atoms with Crippen LogP contribution in [0, 0.1) is 5.82 Å². The summed E-state index contributed by atoms with van der Waals surface area (Å²) in [6.45, 7) is 1.82. The van der Waals surface area contributed by atoms with Crippen LogP contribution in [0.1, 0.15) is 6.42 Å². The van der Waals surface area contributed by atoms with E-state index in [-0.39, 0.29) is 30.3 Å². The van der Waals surface area contributed by atoms with Crippen LogP contribution in [0.5, 0.6) is 17.2 Å². The van der Waals surface area contributed by atoms with E-state index in [0.29, 0.717) is 42.6 Å². The summed E-state index contributed by atoms with van der Waals surface area (Å²) >= 11 is 0. The van der Waals surface area contributed by atoms with E-state index in [0.717, 1.165) is 6.07 Å². The number of ether oxygens (including phenoxy) is 3. The SMILES string of the molecule is COc1cc(NC(=O)CCN2CCN(S(=O)(=O)c3ccccc3F)CC2)cc(OC)c1OC. The molecule has 0 unspecified atom stereocenters. The van der Waals surface area contributed by atoms with Crippen molar-refractivity contribution in [3.8, 4) is 17.2 Å². The summed E-state index contributed by atoms with van der Waals surface area (Å²) in [5.74, 6) is 0.328. The number of nitrogens with zero attached hydrogens (tertiary/aromatic N) is 2. The molecular formula is C22H28FN3O6S. The zero-order valence-corrected chi connectivity index (χ0v) is 19.7. The van der Waals surface area contributed by atoms with E-state index in [9.17, 15) is 17.6 Å². The van der Waals surface area contributed by atoms with Crippen LogP contribution in [0.3, 0.4) is 0 Å². The Morgan fingerprint density at radius 1 is 1.00 bits per heavy atom. The molecule has 0 spiro atoms. The first-order chi connectivity index (χ1) is 15.8. The van der Waals surface area contributed by atoms with Gasteiger partial charge in [0.15, 0.2) is 11.5 Å². The molecule has 11 heteroatoms. The molecular weight excluding hydrogens is 453 g/mol. The number of hydrogen-bond donors (Lipinski definition) is 1. The van der Waals surface area contributed by atoms with Crippen molar-refractivity contribution in [1.82, 2.24) is 9.21 Å². The normalized spacial score (nSPS) is 15.2. The van der Waals surface area contributed by atoms with Crippen LogP contribution in [0.25, 0.3) is 0 Å². The number of methoxy groups -OCH3 is 3. The van der Waals surface area contributed by atoms with E-state index < -0.39 is 15.8 Å². The first kappa shape index (κ1) is 24.7. The number of piperazine rings is 1. The summed E-state index contributed by atoms with van der Waals surface area (Å²) in [6.07, 6.45) is 0.219. The number of anilines is 1. The summed E-state index contributed by atoms with van der Waals surface area (Å²) < 4.78 is 56.5. The zero-order valence-electron chi connectivity index (χ0n) is 18.8. The Labute approximate surface area is 193 Å². The summed E-state index contributed by atoms with van der Waals surface area (Å²) in [7, 11) is 0.601. The molecule has 9 nitrogen and oxygen atoms in total. The second kappa shape index (κ2) is 10.8. The van der Waals surface area contributed by atoms with Crippen molar-refractivity contribution in [1.29, 1.82) is 0 Å². The van der Waals surface area contributed by atoms with Crippen LogP contribution in [-0.2, 0) is 14.8 Å². The number of sulfonamides is 1. The van der Waals surface area contributed by atoms with Crippen LogP contribution < -0.4 is 19.5 Å². The minimum absolute atomic E-state index is 0.203. The average molecular weight is 482 g/mol. The van der Waals surface area contributed by atoms with Gasteiger partial charge in [-0.15, -0.1) is 0 Å². The van der Waals surface area contributed by atoms with Gasteiger partial charge in [-0.2, -0.15) is 4.31 Å². The molecule has 2 aromatic rings. The third-order valence-corrected chi connectivity index (χ3v) is 7.32. The lowest BCUT2D eigenvalue weighted by atomic mass is 10.2. The summed E-state index contributed by atoms with van der Waals surface area (Å²) in [6, 6.07) is 8.64. The van der Waals surface area contributed by atoms with E-state index in [1.165, 1.54) is 43.8 Å². The van der Waals surface area contributed by atoms with Gasteiger partial charge in [0, 0.05) is 57.0 Å². The number of benzene rings is 2. The maximum Gasteiger partial charge on any atom is 0.246 e. The minimum Gasteiger partial charge on any atom is -0.493 e. The Morgan fingerprint density at radius 3 is 2.15 bits per heavy atom. The van der Waals surface area contributed by atoms with Crippen LogP contribution in [0.15, 0.2) is 41.3 Å². The van der Waals surface area contributed by atoms with E-state index in [1.807, 2.05) is 4.90 Å². The van der Waals surface area contributed by atoms with E-state index in [4.69, 9.17) is 14.2 Å². The molecule has 180 valence electrons. The molecule has 0 radical (unpaired) electrons. The number of rotatable bonds is 9. The molecule has 2 aromatic carbocycles. The van der Waals surface area contributed by atoms with Gasteiger partial charge in [0.25, 0.3) is 0 Å². The Hall–Kier alpha value is -2.89. The van der Waals surface area contributed by atoms with Crippen molar-refractivity contribution in [3.63, 3.8) is 0 Å². The van der Waals surface area contributed by atoms with E-state index in [1.54, 1.807) is 12.1 Å². The maximum atomic E-state index is 14.0. The molecule has 1 fully saturated rings. The lowest BCUT2D eigenvalue weighted by Crippen LogP contribution is -2.49. The van der Waals surface area contributed by atoms with Crippen molar-refractivity contribution in [2.75, 3.05) is 59.4 Å². The van der Waals surface area contributed by atoms with Crippen LogP contribution in [0.2, 0.25) is 0 Å². The number of halogens is 1. The quantitative estimate of drug-likeness (QED) is 0.586. The highest BCUT2D eigenvalue weighted by Gasteiger charge is 2.30. The molecule has 0 aromatic heterocycles. The highest BCUT2D eigenvalue weighted by molar-refractivity contribution is 7.89. The second-order valence-electron chi connectivity index (χ2n) is 7.39. The van der Waals surface area contributed by atoms with Gasteiger partial charge >= 0.3 is 0 Å². The largest absolute Gasteiger partial charge is 0.493 e. The molecule has 1 heterocycles. The van der Waals surface area contributed by atoms with Crippen molar-refractivity contribution >= 4 is 21.6 Å². The number of hydrogen-bond acceptors (Lipinski definition) is 7. The zero-order chi connectivity index (χ0) is 24.0. The van der Waals surface area contributed by atoms with Gasteiger partial charge in [-0.25, -0.2) is 12.8 Å². The van der Waals surface area contributed by atoms with Crippen LogP contribution >= 0.6 is 0 Å². The average Bonchev–Trinajstić information content (AvgIpc) is 2.82. The summed E-state index contributed by atoms with van der Waals surface area (Å²) in [5.41, 5.74) is 0.510. The molecule has 1 saturated heterocycles. The predicted octanol–water partition coefficient (Wildman–Crippen LogP) is 2.19. The molecule has 0 atom stereocenters. The fourth-order valence-corrected chi connectivity index (χ4v) is 5.11. The Morgan fingerprint density at radius 2 is 1.61 bits per heavy atom. The predicted molar refractivity (Wildman–Crippen MR) is 121 cm³/mol. The molecule has 33 heavy (non-hydrogen) atoms. The van der Waals surface area contributed by atoms with Crippen LogP contribution in [0.4, 0.5) is 10.1 Å². The Balaban J connectivity index is 1.53. The number of amides is 1. The topological polar surface area (TPSA) is 97.4 Å². The van der Waals surface area contributed by atoms with Crippen molar-refractivity contribution in [2.24, 2.45) is 0 Å². The smallest absolute Gasteiger partial charge is 0.246 e. The standard InChI is InChI=1S/C22H28FN3O6S/c1-30-18-14-16(15-19(31-2)22(18)32-3)24-21(27)8-9-25-10-12-26(13-11-25)33(28,29)20-7-5-4-6-17(20)23/h4-7,14-15H,8-13H2,1-3H3,(H,24,27). The van der Waals surface area contributed by atoms with Crippen molar-refractivity contribution in [2.45, 2.75) is 11.3 Å². The molecule has 1 N–H and O–H groups in total. The highest BCUT2D eigenvalue weighted by Crippen LogP contribution is 2.39. The van der Waals surface area contributed by atoms with Gasteiger partial charge in [0.05, 0.1) is 21.3 Å². The Kier molecular flexibility index (Phi) is 8.11. The fourth-order valence-electron chi connectivity index (χ4n) is 3.62. The van der Waals surface area contributed by atoms with Crippen molar-refractivity contribution < 1.29 is 31.8 Å². The third kappa shape index (κ3) is 5.73. The first-order valence-corrected chi connectivity index (χ1v) is 11.8. The van der Waals surface area contributed by atoms with Gasteiger partial charge in [0.2, 0.25) is 21.7 Å². The minimum atomic E-state index is -3.89. The molecule has 1 aliphatic heterocycles.